The summed E-state index contributed by atoms with van der Waals surface area (Å²) in [6, 6.07) is 8.91. The van der Waals surface area contributed by atoms with E-state index < -0.39 is 11.9 Å². The molecule has 0 fully saturated rings. The van der Waals surface area contributed by atoms with E-state index >= 15 is 0 Å². The number of nitrogens with zero attached hydrogens (tertiary/aromatic N) is 1. The molecule has 0 saturated heterocycles. The van der Waals surface area contributed by atoms with E-state index in [4.69, 9.17) is 21.8 Å². The van der Waals surface area contributed by atoms with Gasteiger partial charge in [0.1, 0.15) is 0 Å². The fraction of sp³-hybridized carbons (Fsp3) is 0. The van der Waals surface area contributed by atoms with Crippen molar-refractivity contribution in [1.29, 1.82) is 0 Å². The normalized spacial score (nSPS) is 9.11. The molecule has 0 unspecified atom stereocenters. The van der Waals surface area contributed by atoms with Crippen LogP contribution in [0.4, 0.5) is 0 Å². The van der Waals surface area contributed by atoms with Crippen molar-refractivity contribution in [3.63, 3.8) is 0 Å². The molecule has 0 aliphatic rings. The highest BCUT2D eigenvalue weighted by molar-refractivity contribution is 6.30. The van der Waals surface area contributed by atoms with Gasteiger partial charge in [0.2, 0.25) is 0 Å². The molecule has 6 heteroatoms. The number of hydrogen-bond acceptors (Lipinski definition) is 3. The van der Waals surface area contributed by atoms with Gasteiger partial charge in [0.15, 0.2) is 0 Å². The molecule has 1 heterocycles. The fourth-order valence-corrected chi connectivity index (χ4v) is 1.21. The van der Waals surface area contributed by atoms with Crippen molar-refractivity contribution in [2.24, 2.45) is 0 Å². The van der Waals surface area contributed by atoms with E-state index in [2.05, 4.69) is 4.98 Å². The van der Waals surface area contributed by atoms with Gasteiger partial charge in [-0.25, -0.2) is 9.59 Å². The van der Waals surface area contributed by atoms with E-state index in [1.54, 1.807) is 12.1 Å². The molecule has 0 spiro atoms. The smallest absolute Gasteiger partial charge is 0.335 e. The minimum absolute atomic E-state index is 0.254. The summed E-state index contributed by atoms with van der Waals surface area (Å²) in [6.45, 7) is 0. The summed E-state index contributed by atoms with van der Waals surface area (Å²) in [6.07, 6.45) is 2.90. The Morgan fingerprint density at radius 2 is 1.26 bits per heavy atom. The summed E-state index contributed by atoms with van der Waals surface area (Å²) in [5, 5.41) is 17.3. The predicted octanol–water partition coefficient (Wildman–Crippen LogP) is 2.82. The van der Waals surface area contributed by atoms with Crippen molar-refractivity contribution in [2.45, 2.75) is 0 Å². The lowest BCUT2D eigenvalue weighted by Gasteiger charge is -1.91. The maximum Gasteiger partial charge on any atom is 0.335 e. The van der Waals surface area contributed by atoms with E-state index in [1.807, 2.05) is 0 Å². The van der Waals surface area contributed by atoms with Crippen molar-refractivity contribution in [3.8, 4) is 0 Å². The zero-order valence-electron chi connectivity index (χ0n) is 9.65. The third-order valence-electron chi connectivity index (χ3n) is 2.02. The Hall–Kier alpha value is -2.40. The third kappa shape index (κ3) is 5.18. The van der Waals surface area contributed by atoms with Gasteiger partial charge in [-0.1, -0.05) is 11.6 Å². The summed E-state index contributed by atoms with van der Waals surface area (Å²) in [5.41, 5.74) is 0.523. The minimum Gasteiger partial charge on any atom is -0.478 e. The van der Waals surface area contributed by atoms with Crippen LogP contribution in [-0.4, -0.2) is 27.1 Å². The Morgan fingerprint density at radius 3 is 1.63 bits per heavy atom. The number of carboxylic acids is 2. The number of benzene rings is 1. The number of carboxylic acid groups (broad SMARTS) is 2. The first-order valence-corrected chi connectivity index (χ1v) is 5.50. The Bertz CT molecular complexity index is 555. The van der Waals surface area contributed by atoms with Crippen LogP contribution in [0, 0.1) is 0 Å². The molecule has 19 heavy (non-hydrogen) atoms. The third-order valence-corrected chi connectivity index (χ3v) is 2.27. The van der Waals surface area contributed by atoms with Crippen LogP contribution in [-0.2, 0) is 0 Å². The van der Waals surface area contributed by atoms with Crippen LogP contribution in [0.5, 0.6) is 0 Å². The van der Waals surface area contributed by atoms with Gasteiger partial charge in [0, 0.05) is 17.4 Å². The number of pyridine rings is 1. The Labute approximate surface area is 114 Å². The van der Waals surface area contributed by atoms with Crippen molar-refractivity contribution >= 4 is 23.5 Å². The second-order valence-electron chi connectivity index (χ2n) is 3.35. The molecule has 0 atom stereocenters. The lowest BCUT2D eigenvalue weighted by molar-refractivity contribution is 0.0686. The van der Waals surface area contributed by atoms with Gasteiger partial charge < -0.3 is 10.2 Å². The summed E-state index contributed by atoms with van der Waals surface area (Å²) in [5.74, 6) is -1.85. The van der Waals surface area contributed by atoms with E-state index in [9.17, 15) is 9.59 Å². The van der Waals surface area contributed by atoms with Crippen molar-refractivity contribution in [3.05, 3.63) is 64.9 Å². The topological polar surface area (TPSA) is 87.5 Å². The summed E-state index contributed by atoms with van der Waals surface area (Å²) in [7, 11) is 0. The van der Waals surface area contributed by atoms with Crippen LogP contribution in [0.25, 0.3) is 0 Å². The highest BCUT2D eigenvalue weighted by Gasteiger charge is 1.99. The van der Waals surface area contributed by atoms with E-state index in [-0.39, 0.29) is 11.1 Å². The molecule has 2 rings (SSSR count). The largest absolute Gasteiger partial charge is 0.478 e. The van der Waals surface area contributed by atoms with Crippen LogP contribution in [0.1, 0.15) is 20.7 Å². The maximum atomic E-state index is 10.3. The van der Waals surface area contributed by atoms with Gasteiger partial charge in [0.25, 0.3) is 0 Å². The van der Waals surface area contributed by atoms with Crippen LogP contribution in [0.15, 0.2) is 48.8 Å². The Morgan fingerprint density at radius 1 is 0.842 bits per heavy atom. The number of rotatable bonds is 2. The van der Waals surface area contributed by atoms with Crippen LogP contribution in [0.2, 0.25) is 5.02 Å². The summed E-state index contributed by atoms with van der Waals surface area (Å²) < 4.78 is 0. The first kappa shape index (κ1) is 14.7. The van der Waals surface area contributed by atoms with Crippen molar-refractivity contribution < 1.29 is 19.8 Å². The molecule has 0 saturated carbocycles. The molecule has 0 amide bonds. The van der Waals surface area contributed by atoms with Gasteiger partial charge in [-0.2, -0.15) is 0 Å². The number of carbonyl (C=O) groups is 2. The summed E-state index contributed by atoms with van der Waals surface area (Å²) in [4.78, 5) is 24.1. The maximum absolute atomic E-state index is 10.3. The first-order valence-electron chi connectivity index (χ1n) is 5.13. The number of aromatic carboxylic acids is 2. The number of halogens is 1. The van der Waals surface area contributed by atoms with Crippen LogP contribution >= 0.6 is 11.6 Å². The predicted molar refractivity (Wildman–Crippen MR) is 69.6 cm³/mol. The van der Waals surface area contributed by atoms with Gasteiger partial charge in [0.05, 0.1) is 11.1 Å². The average molecular weight is 280 g/mol. The molecule has 5 nitrogen and oxygen atoms in total. The molecule has 0 bridgehead atoms. The SMILES string of the molecule is O=C(O)c1ccc(Cl)cc1.O=C(O)c1ccncc1. The van der Waals surface area contributed by atoms with Crippen LogP contribution in [0.3, 0.4) is 0 Å². The monoisotopic (exact) mass is 279 g/mol. The lowest BCUT2D eigenvalue weighted by atomic mass is 10.2. The molecule has 0 radical (unpaired) electrons. The second-order valence-corrected chi connectivity index (χ2v) is 3.79. The van der Waals surface area contributed by atoms with Gasteiger partial charge in [-0.15, -0.1) is 0 Å². The Balaban J connectivity index is 0.000000191. The zero-order valence-corrected chi connectivity index (χ0v) is 10.4. The minimum atomic E-state index is -0.934. The van der Waals surface area contributed by atoms with E-state index in [0.717, 1.165) is 0 Å². The molecule has 0 aliphatic heterocycles. The standard InChI is InChI=1S/C7H5ClO2.C6H5NO2/c8-6-3-1-5(2-4-6)7(9)10;8-6(9)5-1-3-7-4-2-5/h1-4H,(H,9,10);1-4H,(H,8,9). The fourth-order valence-electron chi connectivity index (χ4n) is 1.09. The van der Waals surface area contributed by atoms with Crippen LogP contribution < -0.4 is 0 Å². The molecule has 2 aromatic rings. The molecule has 1 aromatic heterocycles. The molecule has 0 aliphatic carbocycles. The zero-order chi connectivity index (χ0) is 14.3. The van der Waals surface area contributed by atoms with Crippen molar-refractivity contribution in [1.82, 2.24) is 4.98 Å². The first-order chi connectivity index (χ1) is 9.00. The summed E-state index contributed by atoms with van der Waals surface area (Å²) >= 11 is 5.52. The molecule has 2 N–H and O–H groups in total. The number of aromatic nitrogens is 1. The second kappa shape index (κ2) is 7.13. The quantitative estimate of drug-likeness (QED) is 0.882. The number of hydrogen-bond donors (Lipinski definition) is 2. The van der Waals surface area contributed by atoms with Gasteiger partial charge in [-0.3, -0.25) is 4.98 Å². The molecular formula is C13H10ClNO4. The van der Waals surface area contributed by atoms with Gasteiger partial charge >= 0.3 is 11.9 Å². The molecule has 98 valence electrons. The highest BCUT2D eigenvalue weighted by atomic mass is 35.5. The van der Waals surface area contributed by atoms with E-state index in [1.165, 1.54) is 36.7 Å². The van der Waals surface area contributed by atoms with Crippen molar-refractivity contribution in [2.75, 3.05) is 0 Å². The Kier molecular flexibility index (Phi) is 5.50. The van der Waals surface area contributed by atoms with Gasteiger partial charge in [-0.05, 0) is 36.4 Å². The average Bonchev–Trinajstić information content (AvgIpc) is 2.41. The van der Waals surface area contributed by atoms with E-state index in [0.29, 0.717) is 5.02 Å². The molecule has 1 aromatic carbocycles. The highest BCUT2D eigenvalue weighted by Crippen LogP contribution is 2.08. The lowest BCUT2D eigenvalue weighted by Crippen LogP contribution is -1.94. The molecular weight excluding hydrogens is 270 g/mol.